The van der Waals surface area contributed by atoms with Crippen LogP contribution in [0, 0.1) is 0 Å². The van der Waals surface area contributed by atoms with E-state index in [1.54, 1.807) is 24.3 Å². The van der Waals surface area contributed by atoms with Crippen molar-refractivity contribution in [1.29, 1.82) is 0 Å². The maximum atomic E-state index is 11.6. The third kappa shape index (κ3) is 5.33. The summed E-state index contributed by atoms with van der Waals surface area (Å²) in [5, 5.41) is 2.70. The Morgan fingerprint density at radius 3 is 2.26 bits per heavy atom. The van der Waals surface area contributed by atoms with Gasteiger partial charge >= 0.3 is 5.97 Å². The third-order valence-electron chi connectivity index (χ3n) is 2.59. The molecule has 5 nitrogen and oxygen atoms in total. The van der Waals surface area contributed by atoms with Crippen LogP contribution in [0.25, 0.3) is 0 Å². The molecule has 102 valence electrons. The molecule has 0 spiro atoms. The summed E-state index contributed by atoms with van der Waals surface area (Å²) in [7, 11) is 1.32. The average Bonchev–Trinajstić information content (AvgIpc) is 2.39. The fourth-order valence-electron chi connectivity index (χ4n) is 1.51. The van der Waals surface area contributed by atoms with Crippen LogP contribution >= 0.6 is 0 Å². The summed E-state index contributed by atoms with van der Waals surface area (Å²) >= 11 is 0. The van der Waals surface area contributed by atoms with Crippen molar-refractivity contribution in [2.75, 3.05) is 12.4 Å². The molecule has 1 aromatic rings. The van der Waals surface area contributed by atoms with Crippen LogP contribution in [0.1, 0.15) is 36.5 Å². The zero-order valence-corrected chi connectivity index (χ0v) is 11.1. The summed E-state index contributed by atoms with van der Waals surface area (Å²) in [6.07, 6.45) is 0.931. The number of esters is 1. The Morgan fingerprint density at radius 2 is 1.74 bits per heavy atom. The molecule has 0 saturated carbocycles. The number of anilines is 1. The van der Waals surface area contributed by atoms with Gasteiger partial charge < -0.3 is 10.1 Å². The predicted molar refractivity (Wildman–Crippen MR) is 70.9 cm³/mol. The summed E-state index contributed by atoms with van der Waals surface area (Å²) in [5.74, 6) is -0.506. The van der Waals surface area contributed by atoms with Crippen molar-refractivity contribution in [3.05, 3.63) is 29.8 Å². The summed E-state index contributed by atoms with van der Waals surface area (Å²) < 4.78 is 4.48. The van der Waals surface area contributed by atoms with Crippen LogP contribution in [0.3, 0.4) is 0 Å². The SMILES string of the molecule is COC(=O)CCCC(=O)Nc1ccc(C(C)=O)cc1. The Balaban J connectivity index is 2.40. The molecule has 1 N–H and O–H groups in total. The molecule has 1 rings (SSSR count). The van der Waals surface area contributed by atoms with Gasteiger partial charge in [-0.1, -0.05) is 0 Å². The zero-order valence-electron chi connectivity index (χ0n) is 11.1. The van der Waals surface area contributed by atoms with Crippen molar-refractivity contribution in [3.63, 3.8) is 0 Å². The Hall–Kier alpha value is -2.17. The highest BCUT2D eigenvalue weighted by Gasteiger charge is 2.06. The number of ketones is 1. The Bertz CT molecular complexity index is 465. The van der Waals surface area contributed by atoms with Gasteiger partial charge in [-0.3, -0.25) is 14.4 Å². The molecule has 0 heterocycles. The fourth-order valence-corrected chi connectivity index (χ4v) is 1.51. The lowest BCUT2D eigenvalue weighted by Crippen LogP contribution is -2.12. The average molecular weight is 263 g/mol. The lowest BCUT2D eigenvalue weighted by Gasteiger charge is -2.05. The smallest absolute Gasteiger partial charge is 0.305 e. The molecule has 0 aliphatic rings. The van der Waals surface area contributed by atoms with Gasteiger partial charge in [-0.15, -0.1) is 0 Å². The highest BCUT2D eigenvalue weighted by molar-refractivity contribution is 5.95. The van der Waals surface area contributed by atoms with E-state index in [9.17, 15) is 14.4 Å². The van der Waals surface area contributed by atoms with Gasteiger partial charge in [0.25, 0.3) is 0 Å². The van der Waals surface area contributed by atoms with E-state index in [0.717, 1.165) is 0 Å². The van der Waals surface area contributed by atoms with E-state index < -0.39 is 0 Å². The quantitative estimate of drug-likeness (QED) is 0.630. The molecule has 0 fully saturated rings. The highest BCUT2D eigenvalue weighted by atomic mass is 16.5. The lowest BCUT2D eigenvalue weighted by atomic mass is 10.1. The number of benzene rings is 1. The van der Waals surface area contributed by atoms with Crippen LogP contribution in [0.15, 0.2) is 24.3 Å². The predicted octanol–water partition coefficient (Wildman–Crippen LogP) is 2.17. The number of methoxy groups -OCH3 is 1. The van der Waals surface area contributed by atoms with E-state index in [1.165, 1.54) is 14.0 Å². The van der Waals surface area contributed by atoms with Crippen LogP contribution < -0.4 is 5.32 Å². The minimum Gasteiger partial charge on any atom is -0.469 e. The fraction of sp³-hybridized carbons (Fsp3) is 0.357. The lowest BCUT2D eigenvalue weighted by molar-refractivity contribution is -0.140. The van der Waals surface area contributed by atoms with E-state index in [4.69, 9.17) is 0 Å². The number of carbonyl (C=O) groups excluding carboxylic acids is 3. The Labute approximate surface area is 111 Å². The molecule has 0 aliphatic carbocycles. The van der Waals surface area contributed by atoms with E-state index in [0.29, 0.717) is 17.7 Å². The second-order valence-electron chi connectivity index (χ2n) is 4.11. The van der Waals surface area contributed by atoms with Gasteiger partial charge in [0.1, 0.15) is 0 Å². The van der Waals surface area contributed by atoms with Crippen molar-refractivity contribution in [2.24, 2.45) is 0 Å². The van der Waals surface area contributed by atoms with Crippen LogP contribution in [-0.2, 0) is 14.3 Å². The molecule has 5 heteroatoms. The van der Waals surface area contributed by atoms with E-state index in [-0.39, 0.29) is 30.5 Å². The van der Waals surface area contributed by atoms with Crippen LogP contribution in [-0.4, -0.2) is 24.8 Å². The van der Waals surface area contributed by atoms with Crippen molar-refractivity contribution < 1.29 is 19.1 Å². The molecule has 0 atom stereocenters. The molecule has 0 radical (unpaired) electrons. The highest BCUT2D eigenvalue weighted by Crippen LogP contribution is 2.11. The Kier molecular flexibility index (Phi) is 5.73. The van der Waals surface area contributed by atoms with Crippen molar-refractivity contribution in [3.8, 4) is 0 Å². The van der Waals surface area contributed by atoms with Gasteiger partial charge in [0.05, 0.1) is 7.11 Å². The summed E-state index contributed by atoms with van der Waals surface area (Å²) in [4.78, 5) is 33.5. The maximum Gasteiger partial charge on any atom is 0.305 e. The standard InChI is InChI=1S/C14H17NO4/c1-10(16)11-6-8-12(9-7-11)15-13(17)4-3-5-14(18)19-2/h6-9H,3-5H2,1-2H3,(H,15,17). The van der Waals surface area contributed by atoms with E-state index in [2.05, 4.69) is 10.1 Å². The maximum absolute atomic E-state index is 11.6. The summed E-state index contributed by atoms with van der Waals surface area (Å²) in [6, 6.07) is 6.67. The molecular formula is C14H17NO4. The molecule has 1 amide bonds. The topological polar surface area (TPSA) is 72.5 Å². The zero-order chi connectivity index (χ0) is 14.3. The van der Waals surface area contributed by atoms with E-state index >= 15 is 0 Å². The van der Waals surface area contributed by atoms with Gasteiger partial charge in [0.2, 0.25) is 5.91 Å². The minimum atomic E-state index is -0.321. The number of ether oxygens (including phenoxy) is 1. The van der Waals surface area contributed by atoms with Crippen molar-refractivity contribution in [1.82, 2.24) is 0 Å². The molecule has 19 heavy (non-hydrogen) atoms. The van der Waals surface area contributed by atoms with Crippen molar-refractivity contribution in [2.45, 2.75) is 26.2 Å². The van der Waals surface area contributed by atoms with Gasteiger partial charge in [-0.05, 0) is 37.6 Å². The first kappa shape index (κ1) is 14.9. The van der Waals surface area contributed by atoms with Gasteiger partial charge in [0, 0.05) is 24.1 Å². The van der Waals surface area contributed by atoms with Gasteiger partial charge in [-0.2, -0.15) is 0 Å². The normalized spacial score (nSPS) is 9.79. The molecule has 0 aliphatic heterocycles. The second-order valence-corrected chi connectivity index (χ2v) is 4.11. The first-order valence-corrected chi connectivity index (χ1v) is 6.00. The number of nitrogens with one attached hydrogen (secondary N) is 1. The number of hydrogen-bond donors (Lipinski definition) is 1. The summed E-state index contributed by atoms with van der Waals surface area (Å²) in [6.45, 7) is 1.49. The number of carbonyl (C=O) groups is 3. The molecule has 1 aromatic carbocycles. The van der Waals surface area contributed by atoms with Gasteiger partial charge in [0.15, 0.2) is 5.78 Å². The van der Waals surface area contributed by atoms with Crippen LogP contribution in [0.2, 0.25) is 0 Å². The number of amides is 1. The van der Waals surface area contributed by atoms with E-state index in [1.807, 2.05) is 0 Å². The van der Waals surface area contributed by atoms with Crippen LogP contribution in [0.5, 0.6) is 0 Å². The first-order chi connectivity index (χ1) is 9.02. The molecule has 0 saturated heterocycles. The largest absolute Gasteiger partial charge is 0.469 e. The van der Waals surface area contributed by atoms with Gasteiger partial charge in [-0.25, -0.2) is 0 Å². The number of rotatable bonds is 6. The molecule has 0 bridgehead atoms. The van der Waals surface area contributed by atoms with Crippen LogP contribution in [0.4, 0.5) is 5.69 Å². The van der Waals surface area contributed by atoms with Crippen molar-refractivity contribution >= 4 is 23.3 Å². The Morgan fingerprint density at radius 1 is 1.11 bits per heavy atom. The molecule has 0 unspecified atom stereocenters. The molecule has 0 aromatic heterocycles. The minimum absolute atomic E-state index is 0.0176. The second kappa shape index (κ2) is 7.31. The summed E-state index contributed by atoms with van der Waals surface area (Å²) in [5.41, 5.74) is 1.23. The molecular weight excluding hydrogens is 246 g/mol. The number of hydrogen-bond acceptors (Lipinski definition) is 4. The third-order valence-corrected chi connectivity index (χ3v) is 2.59. The first-order valence-electron chi connectivity index (χ1n) is 6.00. The number of Topliss-reactive ketones (excluding diaryl/α,β-unsaturated/α-hetero) is 1. The monoisotopic (exact) mass is 263 g/mol.